The van der Waals surface area contributed by atoms with Crippen molar-refractivity contribution in [3.63, 3.8) is 0 Å². The SMILES string of the molecule is OCCNc1nc(Nc2c(F)cc(F)cc2F)cc(-c2ccccc2)n1. The topological polar surface area (TPSA) is 70.1 Å². The number of benzene rings is 2. The second kappa shape index (κ2) is 7.83. The van der Waals surface area contributed by atoms with Gasteiger partial charge >= 0.3 is 0 Å². The second-order valence-electron chi connectivity index (χ2n) is 5.35. The summed E-state index contributed by atoms with van der Waals surface area (Å²) in [5.41, 5.74) is 0.758. The van der Waals surface area contributed by atoms with Crippen molar-refractivity contribution in [3.05, 3.63) is 66.0 Å². The molecule has 0 bridgehead atoms. The highest BCUT2D eigenvalue weighted by Crippen LogP contribution is 2.27. The monoisotopic (exact) mass is 360 g/mol. The van der Waals surface area contributed by atoms with Crippen molar-refractivity contribution < 1.29 is 18.3 Å². The van der Waals surface area contributed by atoms with Gasteiger partial charge in [-0.2, -0.15) is 4.98 Å². The lowest BCUT2D eigenvalue weighted by atomic mass is 10.1. The van der Waals surface area contributed by atoms with E-state index in [9.17, 15) is 13.2 Å². The van der Waals surface area contributed by atoms with Crippen molar-refractivity contribution in [1.82, 2.24) is 9.97 Å². The molecule has 1 heterocycles. The first kappa shape index (κ1) is 17.7. The van der Waals surface area contributed by atoms with Crippen LogP contribution in [0.3, 0.4) is 0 Å². The Morgan fingerprint density at radius 1 is 0.923 bits per heavy atom. The summed E-state index contributed by atoms with van der Waals surface area (Å²) in [6, 6.07) is 11.8. The van der Waals surface area contributed by atoms with Crippen LogP contribution in [0.15, 0.2) is 48.5 Å². The summed E-state index contributed by atoms with van der Waals surface area (Å²) in [5.74, 6) is -2.88. The molecule has 8 heteroatoms. The number of halogens is 3. The fourth-order valence-electron chi connectivity index (χ4n) is 2.30. The lowest BCUT2D eigenvalue weighted by Gasteiger charge is -2.12. The zero-order chi connectivity index (χ0) is 18.5. The average molecular weight is 360 g/mol. The van der Waals surface area contributed by atoms with E-state index in [0.29, 0.717) is 17.8 Å². The maximum absolute atomic E-state index is 13.9. The lowest BCUT2D eigenvalue weighted by molar-refractivity contribution is 0.311. The number of anilines is 3. The van der Waals surface area contributed by atoms with Crippen LogP contribution in [0.1, 0.15) is 0 Å². The quantitative estimate of drug-likeness (QED) is 0.625. The van der Waals surface area contributed by atoms with Gasteiger partial charge in [-0.05, 0) is 0 Å². The zero-order valence-electron chi connectivity index (χ0n) is 13.5. The molecule has 0 saturated carbocycles. The van der Waals surface area contributed by atoms with Crippen LogP contribution in [-0.2, 0) is 0 Å². The van der Waals surface area contributed by atoms with Gasteiger partial charge in [-0.15, -0.1) is 0 Å². The summed E-state index contributed by atoms with van der Waals surface area (Å²) < 4.78 is 40.8. The molecule has 26 heavy (non-hydrogen) atoms. The molecule has 0 aliphatic heterocycles. The number of aliphatic hydroxyl groups is 1. The molecule has 3 N–H and O–H groups in total. The third-order valence-electron chi connectivity index (χ3n) is 3.45. The molecule has 0 saturated heterocycles. The maximum Gasteiger partial charge on any atom is 0.225 e. The number of hydrogen-bond acceptors (Lipinski definition) is 5. The van der Waals surface area contributed by atoms with Gasteiger partial charge in [-0.1, -0.05) is 30.3 Å². The minimum absolute atomic E-state index is 0.115. The molecule has 3 rings (SSSR count). The Labute approximate surface area is 147 Å². The van der Waals surface area contributed by atoms with Gasteiger partial charge in [0.25, 0.3) is 0 Å². The molecule has 1 aromatic heterocycles. The van der Waals surface area contributed by atoms with Crippen molar-refractivity contribution in [2.24, 2.45) is 0 Å². The van der Waals surface area contributed by atoms with Crippen molar-refractivity contribution in [3.8, 4) is 11.3 Å². The third-order valence-corrected chi connectivity index (χ3v) is 3.45. The smallest absolute Gasteiger partial charge is 0.225 e. The minimum Gasteiger partial charge on any atom is -0.395 e. The molecule has 0 spiro atoms. The third kappa shape index (κ3) is 4.09. The molecule has 0 unspecified atom stereocenters. The number of hydrogen-bond donors (Lipinski definition) is 3. The van der Waals surface area contributed by atoms with Crippen LogP contribution in [0.25, 0.3) is 11.3 Å². The predicted octanol–water partition coefficient (Wildman–Crippen LogP) is 3.71. The van der Waals surface area contributed by atoms with Crippen LogP contribution in [-0.4, -0.2) is 28.2 Å². The van der Waals surface area contributed by atoms with E-state index in [0.717, 1.165) is 5.56 Å². The molecule has 5 nitrogen and oxygen atoms in total. The van der Waals surface area contributed by atoms with Gasteiger partial charge in [-0.25, -0.2) is 18.2 Å². The van der Waals surface area contributed by atoms with Crippen LogP contribution >= 0.6 is 0 Å². The highest BCUT2D eigenvalue weighted by atomic mass is 19.1. The zero-order valence-corrected chi connectivity index (χ0v) is 13.5. The lowest BCUT2D eigenvalue weighted by Crippen LogP contribution is -2.10. The number of nitrogens with one attached hydrogen (secondary N) is 2. The first-order chi connectivity index (χ1) is 12.6. The molecule has 0 amide bonds. The number of nitrogens with zero attached hydrogens (tertiary/aromatic N) is 2. The summed E-state index contributed by atoms with van der Waals surface area (Å²) in [7, 11) is 0. The van der Waals surface area contributed by atoms with E-state index in [4.69, 9.17) is 5.11 Å². The fourth-order valence-corrected chi connectivity index (χ4v) is 2.30. The summed E-state index contributed by atoms with van der Waals surface area (Å²) in [4.78, 5) is 8.45. The first-order valence-corrected chi connectivity index (χ1v) is 7.77. The Bertz CT molecular complexity index is 883. The van der Waals surface area contributed by atoms with Gasteiger partial charge in [-0.3, -0.25) is 0 Å². The molecule has 0 aliphatic carbocycles. The number of aromatic nitrogens is 2. The summed E-state index contributed by atoms with van der Waals surface area (Å²) in [6.45, 7) is 0.0693. The maximum atomic E-state index is 13.9. The Morgan fingerprint density at radius 3 is 2.27 bits per heavy atom. The van der Waals surface area contributed by atoms with E-state index in [1.54, 1.807) is 0 Å². The van der Waals surface area contributed by atoms with Crippen LogP contribution < -0.4 is 10.6 Å². The van der Waals surface area contributed by atoms with Gasteiger partial charge in [0, 0.05) is 30.3 Å². The molecule has 0 radical (unpaired) electrons. The standard InChI is InChI=1S/C18H15F3N4O/c19-12-8-13(20)17(14(21)9-12)24-16-10-15(11-4-2-1-3-5-11)23-18(25-16)22-6-7-26/h1-5,8-10,26H,6-7H2,(H2,22,23,24,25). The Morgan fingerprint density at radius 2 is 1.62 bits per heavy atom. The molecule has 0 atom stereocenters. The summed E-state index contributed by atoms with van der Waals surface area (Å²) in [5, 5.41) is 14.3. The Balaban J connectivity index is 2.01. The first-order valence-electron chi connectivity index (χ1n) is 7.77. The molecule has 0 fully saturated rings. The molecule has 3 aromatic rings. The van der Waals surface area contributed by atoms with Crippen molar-refractivity contribution in [2.75, 3.05) is 23.8 Å². The van der Waals surface area contributed by atoms with Gasteiger partial charge < -0.3 is 15.7 Å². The molecule has 2 aromatic carbocycles. The van der Waals surface area contributed by atoms with E-state index in [-0.39, 0.29) is 24.9 Å². The molecular weight excluding hydrogens is 345 g/mol. The van der Waals surface area contributed by atoms with Gasteiger partial charge in [0.05, 0.1) is 12.3 Å². The van der Waals surface area contributed by atoms with Gasteiger partial charge in [0.15, 0.2) is 11.6 Å². The predicted molar refractivity (Wildman–Crippen MR) is 92.6 cm³/mol. The Hall–Kier alpha value is -3.13. The summed E-state index contributed by atoms with van der Waals surface area (Å²) >= 11 is 0. The summed E-state index contributed by atoms with van der Waals surface area (Å²) in [6.07, 6.45) is 0. The largest absolute Gasteiger partial charge is 0.395 e. The molecular formula is C18H15F3N4O. The fraction of sp³-hybridized carbons (Fsp3) is 0.111. The Kier molecular flexibility index (Phi) is 5.33. The van der Waals surface area contributed by atoms with E-state index < -0.39 is 23.1 Å². The van der Waals surface area contributed by atoms with Crippen molar-refractivity contribution in [1.29, 1.82) is 0 Å². The second-order valence-corrected chi connectivity index (χ2v) is 5.35. The highest BCUT2D eigenvalue weighted by molar-refractivity contribution is 5.67. The van der Waals surface area contributed by atoms with Crippen molar-refractivity contribution in [2.45, 2.75) is 0 Å². The molecule has 0 aliphatic rings. The van der Waals surface area contributed by atoms with E-state index in [1.165, 1.54) is 6.07 Å². The normalized spacial score (nSPS) is 10.6. The number of rotatable bonds is 6. The van der Waals surface area contributed by atoms with E-state index >= 15 is 0 Å². The minimum atomic E-state index is -1.08. The highest BCUT2D eigenvalue weighted by Gasteiger charge is 2.14. The molecule has 134 valence electrons. The van der Waals surface area contributed by atoms with Gasteiger partial charge in [0.2, 0.25) is 5.95 Å². The van der Waals surface area contributed by atoms with E-state index in [1.807, 2.05) is 30.3 Å². The van der Waals surface area contributed by atoms with Crippen molar-refractivity contribution >= 4 is 17.5 Å². The van der Waals surface area contributed by atoms with Gasteiger partial charge in [0.1, 0.15) is 17.3 Å². The van der Waals surface area contributed by atoms with E-state index in [2.05, 4.69) is 20.6 Å². The number of aliphatic hydroxyl groups excluding tert-OH is 1. The average Bonchev–Trinajstić information content (AvgIpc) is 2.63. The van der Waals surface area contributed by atoms with Crippen LogP contribution in [0.4, 0.5) is 30.6 Å². The van der Waals surface area contributed by atoms with Crippen LogP contribution in [0.2, 0.25) is 0 Å². The van der Waals surface area contributed by atoms with Crippen LogP contribution in [0, 0.1) is 17.5 Å². The van der Waals surface area contributed by atoms with Crippen LogP contribution in [0.5, 0.6) is 0 Å².